The Balaban J connectivity index is 2.06. The lowest BCUT2D eigenvalue weighted by Crippen LogP contribution is -2.53. The van der Waals surface area contributed by atoms with E-state index in [9.17, 15) is 4.79 Å². The maximum atomic E-state index is 12.3. The Morgan fingerprint density at radius 1 is 1.69 bits per heavy atom. The molecule has 0 aliphatic carbocycles. The highest BCUT2D eigenvalue weighted by atomic mass is 32.1. The zero-order valence-electron chi connectivity index (χ0n) is 9.77. The number of nitrogens with one attached hydrogen (secondary N) is 1. The van der Waals surface area contributed by atoms with Gasteiger partial charge in [0.2, 0.25) is 5.91 Å². The monoisotopic (exact) mass is 238 g/mol. The third-order valence-corrected chi connectivity index (χ3v) is 4.18. The van der Waals surface area contributed by atoms with Crippen molar-refractivity contribution in [3.05, 3.63) is 22.4 Å². The summed E-state index contributed by atoms with van der Waals surface area (Å²) < 4.78 is 0. The van der Waals surface area contributed by atoms with Crippen molar-refractivity contribution in [1.29, 1.82) is 0 Å². The van der Waals surface area contributed by atoms with Crippen LogP contribution in [-0.2, 0) is 4.79 Å². The number of hydrogen-bond donors (Lipinski definition) is 1. The topological polar surface area (TPSA) is 32.3 Å². The zero-order chi connectivity index (χ0) is 11.5. The van der Waals surface area contributed by atoms with E-state index in [4.69, 9.17) is 0 Å². The van der Waals surface area contributed by atoms with Crippen molar-refractivity contribution in [2.45, 2.75) is 25.8 Å². The van der Waals surface area contributed by atoms with Crippen LogP contribution in [0.4, 0.5) is 0 Å². The summed E-state index contributed by atoms with van der Waals surface area (Å²) in [5.41, 5.74) is 0. The Morgan fingerprint density at radius 2 is 2.50 bits per heavy atom. The molecular formula is C12H18N2OS. The molecular weight excluding hydrogens is 220 g/mol. The average Bonchev–Trinajstić information content (AvgIpc) is 2.81. The SMILES string of the molecule is CC(C(=O)N1CCNCC1C)c1cccs1. The number of thiophene rings is 1. The summed E-state index contributed by atoms with van der Waals surface area (Å²) in [7, 11) is 0. The second-order valence-corrected chi connectivity index (χ2v) is 5.30. The van der Waals surface area contributed by atoms with E-state index in [1.165, 1.54) is 0 Å². The molecule has 16 heavy (non-hydrogen) atoms. The second kappa shape index (κ2) is 4.97. The summed E-state index contributed by atoms with van der Waals surface area (Å²) >= 11 is 1.66. The molecule has 1 aliphatic rings. The Morgan fingerprint density at radius 3 is 3.12 bits per heavy atom. The summed E-state index contributed by atoms with van der Waals surface area (Å²) in [6.45, 7) is 6.75. The molecule has 0 saturated carbocycles. The lowest BCUT2D eigenvalue weighted by Gasteiger charge is -2.35. The lowest BCUT2D eigenvalue weighted by atomic mass is 10.1. The van der Waals surface area contributed by atoms with Crippen LogP contribution in [0.5, 0.6) is 0 Å². The molecule has 0 bridgehead atoms. The van der Waals surface area contributed by atoms with E-state index < -0.39 is 0 Å². The summed E-state index contributed by atoms with van der Waals surface area (Å²) in [4.78, 5) is 15.5. The van der Waals surface area contributed by atoms with Gasteiger partial charge in [0, 0.05) is 30.6 Å². The van der Waals surface area contributed by atoms with Gasteiger partial charge in [-0.2, -0.15) is 0 Å². The minimum absolute atomic E-state index is 0.000509. The van der Waals surface area contributed by atoms with Gasteiger partial charge in [-0.05, 0) is 25.3 Å². The number of piperazine rings is 1. The Labute approximate surface area is 100 Å². The third kappa shape index (κ3) is 2.28. The quantitative estimate of drug-likeness (QED) is 0.850. The largest absolute Gasteiger partial charge is 0.337 e. The first-order valence-electron chi connectivity index (χ1n) is 5.74. The molecule has 1 aromatic rings. The summed E-state index contributed by atoms with van der Waals surface area (Å²) in [6, 6.07) is 4.36. The first kappa shape index (κ1) is 11.6. The Bertz CT molecular complexity index is 350. The van der Waals surface area contributed by atoms with E-state index >= 15 is 0 Å². The molecule has 2 atom stereocenters. The number of nitrogens with zero attached hydrogens (tertiary/aromatic N) is 1. The molecule has 1 fully saturated rings. The minimum Gasteiger partial charge on any atom is -0.337 e. The fraction of sp³-hybridized carbons (Fsp3) is 0.583. The molecule has 0 spiro atoms. The molecule has 1 saturated heterocycles. The van der Waals surface area contributed by atoms with Gasteiger partial charge in [0.15, 0.2) is 0 Å². The number of amides is 1. The van der Waals surface area contributed by atoms with Gasteiger partial charge in [-0.25, -0.2) is 0 Å². The van der Waals surface area contributed by atoms with E-state index in [0.717, 1.165) is 24.5 Å². The number of carbonyl (C=O) groups is 1. The van der Waals surface area contributed by atoms with E-state index in [1.807, 2.05) is 29.3 Å². The molecule has 4 heteroatoms. The molecule has 88 valence electrons. The molecule has 1 amide bonds. The molecule has 1 N–H and O–H groups in total. The van der Waals surface area contributed by atoms with Crippen molar-refractivity contribution in [2.75, 3.05) is 19.6 Å². The fourth-order valence-corrected chi connectivity index (χ4v) is 2.85. The first-order valence-corrected chi connectivity index (χ1v) is 6.62. The van der Waals surface area contributed by atoms with Crippen molar-refractivity contribution in [2.24, 2.45) is 0 Å². The molecule has 1 aliphatic heterocycles. The van der Waals surface area contributed by atoms with Crippen LogP contribution in [0.15, 0.2) is 17.5 Å². The number of rotatable bonds is 2. The summed E-state index contributed by atoms with van der Waals surface area (Å²) in [6.07, 6.45) is 0. The molecule has 2 unspecified atom stereocenters. The van der Waals surface area contributed by atoms with Crippen molar-refractivity contribution in [1.82, 2.24) is 10.2 Å². The summed E-state index contributed by atoms with van der Waals surface area (Å²) in [5.74, 6) is 0.261. The van der Waals surface area contributed by atoms with E-state index in [2.05, 4.69) is 12.2 Å². The highest BCUT2D eigenvalue weighted by molar-refractivity contribution is 7.10. The highest BCUT2D eigenvalue weighted by Crippen LogP contribution is 2.23. The van der Waals surface area contributed by atoms with Crippen molar-refractivity contribution >= 4 is 17.2 Å². The minimum atomic E-state index is 0.000509. The lowest BCUT2D eigenvalue weighted by molar-refractivity contribution is -0.135. The average molecular weight is 238 g/mol. The fourth-order valence-electron chi connectivity index (χ4n) is 2.08. The van der Waals surface area contributed by atoms with E-state index in [-0.39, 0.29) is 11.8 Å². The van der Waals surface area contributed by atoms with Gasteiger partial charge >= 0.3 is 0 Å². The van der Waals surface area contributed by atoms with Gasteiger partial charge in [0.05, 0.1) is 5.92 Å². The predicted octanol–water partition coefficient (Wildman–Crippen LogP) is 1.67. The maximum Gasteiger partial charge on any atom is 0.230 e. The van der Waals surface area contributed by atoms with Crippen LogP contribution in [0.3, 0.4) is 0 Å². The number of carbonyl (C=O) groups excluding carboxylic acids is 1. The van der Waals surface area contributed by atoms with Crippen LogP contribution in [0.25, 0.3) is 0 Å². The molecule has 3 nitrogen and oxygen atoms in total. The van der Waals surface area contributed by atoms with Gasteiger partial charge in [-0.3, -0.25) is 4.79 Å². The van der Waals surface area contributed by atoms with Crippen molar-refractivity contribution in [3.8, 4) is 0 Å². The predicted molar refractivity (Wildman–Crippen MR) is 66.8 cm³/mol. The molecule has 2 heterocycles. The van der Waals surface area contributed by atoms with Gasteiger partial charge < -0.3 is 10.2 Å². The molecule has 0 aromatic carbocycles. The van der Waals surface area contributed by atoms with Gasteiger partial charge in [-0.15, -0.1) is 11.3 Å². The summed E-state index contributed by atoms with van der Waals surface area (Å²) in [5, 5.41) is 5.33. The van der Waals surface area contributed by atoms with Gasteiger partial charge in [-0.1, -0.05) is 6.07 Å². The van der Waals surface area contributed by atoms with Crippen molar-refractivity contribution < 1.29 is 4.79 Å². The van der Waals surface area contributed by atoms with E-state index in [1.54, 1.807) is 11.3 Å². The third-order valence-electron chi connectivity index (χ3n) is 3.12. The van der Waals surface area contributed by atoms with Gasteiger partial charge in [0.1, 0.15) is 0 Å². The Kier molecular flexibility index (Phi) is 3.61. The standard InChI is InChI=1S/C12H18N2OS/c1-9-8-13-5-6-14(9)12(15)10(2)11-4-3-7-16-11/h3-4,7,9-10,13H,5-6,8H2,1-2H3. The van der Waals surface area contributed by atoms with E-state index in [0.29, 0.717) is 6.04 Å². The highest BCUT2D eigenvalue weighted by Gasteiger charge is 2.27. The van der Waals surface area contributed by atoms with Crippen molar-refractivity contribution in [3.63, 3.8) is 0 Å². The van der Waals surface area contributed by atoms with Crippen LogP contribution in [0, 0.1) is 0 Å². The van der Waals surface area contributed by atoms with Crippen LogP contribution in [0.1, 0.15) is 24.6 Å². The molecule has 0 radical (unpaired) electrons. The molecule has 1 aromatic heterocycles. The van der Waals surface area contributed by atoms with Gasteiger partial charge in [0.25, 0.3) is 0 Å². The molecule has 2 rings (SSSR count). The Hall–Kier alpha value is -0.870. The number of hydrogen-bond acceptors (Lipinski definition) is 3. The second-order valence-electron chi connectivity index (χ2n) is 4.32. The van der Waals surface area contributed by atoms with Crippen LogP contribution in [-0.4, -0.2) is 36.5 Å². The normalized spacial score (nSPS) is 23.1. The van der Waals surface area contributed by atoms with Crippen LogP contribution in [0.2, 0.25) is 0 Å². The smallest absolute Gasteiger partial charge is 0.230 e. The maximum absolute atomic E-state index is 12.3. The van der Waals surface area contributed by atoms with Crippen LogP contribution >= 0.6 is 11.3 Å². The first-order chi connectivity index (χ1) is 7.70. The van der Waals surface area contributed by atoms with Crippen LogP contribution < -0.4 is 5.32 Å². The zero-order valence-corrected chi connectivity index (χ0v) is 10.6.